The lowest BCUT2D eigenvalue weighted by Gasteiger charge is -2.30. The Hall–Kier alpha value is -2.40. The Morgan fingerprint density at radius 3 is 2.64 bits per heavy atom. The SMILES string of the molecule is CCC/C(=C\c1cc(I)c(O)c(OC)c1)CC[C@H]1OC[C@H]2C1=C(C)C[C@H]1C(=O)N(C(=O)OC)C(=O)[C@H]12. The normalized spacial score (nSPS) is 25.8. The molecule has 9 heteroatoms. The van der Waals surface area contributed by atoms with Gasteiger partial charge in [-0.1, -0.05) is 30.6 Å². The smallest absolute Gasteiger partial charge is 0.423 e. The van der Waals surface area contributed by atoms with E-state index in [2.05, 4.69) is 40.3 Å². The number of aromatic hydroxyl groups is 1. The van der Waals surface area contributed by atoms with Crippen molar-refractivity contribution in [2.45, 2.75) is 52.1 Å². The lowest BCUT2D eigenvalue weighted by atomic mass is 9.70. The Bertz CT molecular complexity index is 1140. The highest BCUT2D eigenvalue weighted by Crippen LogP contribution is 2.49. The minimum Gasteiger partial charge on any atom is -0.504 e. The van der Waals surface area contributed by atoms with Crippen molar-refractivity contribution in [3.63, 3.8) is 0 Å². The van der Waals surface area contributed by atoms with Gasteiger partial charge in [-0.2, -0.15) is 4.90 Å². The van der Waals surface area contributed by atoms with E-state index in [1.807, 2.05) is 19.1 Å². The van der Waals surface area contributed by atoms with Crippen molar-refractivity contribution in [3.05, 3.63) is 38.0 Å². The van der Waals surface area contributed by atoms with E-state index in [1.54, 1.807) is 0 Å². The molecule has 1 aromatic carbocycles. The molecule has 0 saturated carbocycles. The second-order valence-corrected chi connectivity index (χ2v) is 10.8. The summed E-state index contributed by atoms with van der Waals surface area (Å²) in [6.07, 6.45) is 5.07. The quantitative estimate of drug-likeness (QED) is 0.262. The van der Waals surface area contributed by atoms with Gasteiger partial charge in [-0.3, -0.25) is 9.59 Å². The third-order valence-corrected chi connectivity index (χ3v) is 8.27. The maximum absolute atomic E-state index is 13.1. The van der Waals surface area contributed by atoms with Crippen molar-refractivity contribution in [3.8, 4) is 11.5 Å². The standard InChI is InChI=1S/C27H32INO7/c1-5-6-15(10-16-11-19(28)24(30)21(12-16)34-3)7-8-20-22-14(2)9-17-23(18(22)13-36-20)26(32)29(25(17)31)27(33)35-4/h10-12,17-18,20,23,30H,5-9,13H2,1-4H3/b15-10+/t17-,18+,20-,23-/m1/s1. The Morgan fingerprint density at radius 2 is 1.97 bits per heavy atom. The molecule has 0 spiro atoms. The minimum atomic E-state index is -0.913. The number of fused-ring (bicyclic) bond motifs is 3. The van der Waals surface area contributed by atoms with E-state index in [0.29, 0.717) is 23.7 Å². The number of nitrogens with zero attached hydrogens (tertiary/aromatic N) is 1. The van der Waals surface area contributed by atoms with E-state index < -0.39 is 29.7 Å². The monoisotopic (exact) mass is 609 g/mol. The van der Waals surface area contributed by atoms with Gasteiger partial charge in [-0.05, 0) is 78.5 Å². The first-order valence-corrected chi connectivity index (χ1v) is 13.3. The number of hydrogen-bond acceptors (Lipinski definition) is 7. The Kier molecular flexibility index (Phi) is 8.09. The van der Waals surface area contributed by atoms with Crippen LogP contribution < -0.4 is 4.74 Å². The summed E-state index contributed by atoms with van der Waals surface area (Å²) < 4.78 is 16.9. The molecule has 2 fully saturated rings. The molecule has 0 aromatic heterocycles. The number of allylic oxidation sites excluding steroid dienone is 2. The van der Waals surface area contributed by atoms with E-state index in [0.717, 1.165) is 46.0 Å². The van der Waals surface area contributed by atoms with Gasteiger partial charge in [0.25, 0.3) is 0 Å². The third-order valence-electron chi connectivity index (χ3n) is 7.45. The molecule has 2 aliphatic heterocycles. The summed E-state index contributed by atoms with van der Waals surface area (Å²) in [5.41, 5.74) is 4.43. The van der Waals surface area contributed by atoms with Crippen LogP contribution in [0.3, 0.4) is 0 Å². The maximum atomic E-state index is 13.1. The number of halogens is 1. The number of amides is 3. The van der Waals surface area contributed by atoms with Gasteiger partial charge in [0, 0.05) is 5.92 Å². The lowest BCUT2D eigenvalue weighted by molar-refractivity contribution is -0.137. The van der Waals surface area contributed by atoms with Crippen molar-refractivity contribution in [2.75, 3.05) is 20.8 Å². The number of carbonyl (C=O) groups is 3. The molecule has 4 atom stereocenters. The van der Waals surface area contributed by atoms with Gasteiger partial charge in [-0.15, -0.1) is 0 Å². The van der Waals surface area contributed by atoms with Crippen molar-refractivity contribution < 1.29 is 33.7 Å². The zero-order valence-electron chi connectivity index (χ0n) is 21.0. The molecular weight excluding hydrogens is 577 g/mol. The predicted octanol–water partition coefficient (Wildman–Crippen LogP) is 5.07. The Morgan fingerprint density at radius 1 is 1.22 bits per heavy atom. The number of rotatable bonds is 7. The highest BCUT2D eigenvalue weighted by atomic mass is 127. The number of hydrogen-bond donors (Lipinski definition) is 1. The highest BCUT2D eigenvalue weighted by molar-refractivity contribution is 14.1. The Labute approximate surface area is 224 Å². The van der Waals surface area contributed by atoms with Crippen LogP contribution in [-0.4, -0.2) is 54.8 Å². The second kappa shape index (κ2) is 10.9. The average molecular weight is 609 g/mol. The number of likely N-dealkylation sites (tertiary alicyclic amines) is 1. The first kappa shape index (κ1) is 26.7. The molecule has 2 heterocycles. The first-order valence-electron chi connectivity index (χ1n) is 12.2. The highest BCUT2D eigenvalue weighted by Gasteiger charge is 2.58. The zero-order valence-corrected chi connectivity index (χ0v) is 23.2. The van der Waals surface area contributed by atoms with Crippen LogP contribution in [0.15, 0.2) is 28.9 Å². The largest absolute Gasteiger partial charge is 0.504 e. The molecule has 3 amide bonds. The van der Waals surface area contributed by atoms with Gasteiger partial charge in [0.05, 0.1) is 42.3 Å². The molecule has 8 nitrogen and oxygen atoms in total. The second-order valence-electron chi connectivity index (χ2n) is 9.63. The average Bonchev–Trinajstić information content (AvgIpc) is 3.38. The number of methoxy groups -OCH3 is 2. The van der Waals surface area contributed by atoms with E-state index in [-0.39, 0.29) is 17.8 Å². The van der Waals surface area contributed by atoms with Crippen LogP contribution in [0.25, 0.3) is 6.08 Å². The number of phenols is 1. The van der Waals surface area contributed by atoms with Crippen LogP contribution >= 0.6 is 22.6 Å². The molecular formula is C27H32INO7. The number of imide groups is 3. The molecule has 0 unspecified atom stereocenters. The number of carbonyl (C=O) groups excluding carboxylic acids is 3. The topological polar surface area (TPSA) is 102 Å². The van der Waals surface area contributed by atoms with E-state index in [1.165, 1.54) is 19.8 Å². The van der Waals surface area contributed by atoms with E-state index in [9.17, 15) is 19.5 Å². The van der Waals surface area contributed by atoms with Gasteiger partial charge >= 0.3 is 6.09 Å². The van der Waals surface area contributed by atoms with Crippen LogP contribution in [0.1, 0.15) is 51.5 Å². The summed E-state index contributed by atoms with van der Waals surface area (Å²) in [6, 6.07) is 3.76. The predicted molar refractivity (Wildman–Crippen MR) is 141 cm³/mol. The summed E-state index contributed by atoms with van der Waals surface area (Å²) >= 11 is 2.10. The van der Waals surface area contributed by atoms with Crippen LogP contribution in [0.4, 0.5) is 4.79 Å². The van der Waals surface area contributed by atoms with Crippen molar-refractivity contribution in [1.29, 1.82) is 0 Å². The fraction of sp³-hybridized carbons (Fsp3) is 0.519. The van der Waals surface area contributed by atoms with Gasteiger partial charge < -0.3 is 19.3 Å². The van der Waals surface area contributed by atoms with Gasteiger partial charge in [0.2, 0.25) is 11.8 Å². The van der Waals surface area contributed by atoms with Crippen molar-refractivity contribution in [1.82, 2.24) is 4.90 Å². The van der Waals surface area contributed by atoms with Crippen LogP contribution in [-0.2, 0) is 19.1 Å². The van der Waals surface area contributed by atoms with Gasteiger partial charge in [-0.25, -0.2) is 4.79 Å². The van der Waals surface area contributed by atoms with Crippen LogP contribution in [0, 0.1) is 21.3 Å². The first-order chi connectivity index (χ1) is 17.2. The molecule has 1 aliphatic carbocycles. The fourth-order valence-corrected chi connectivity index (χ4v) is 6.50. The molecule has 2 saturated heterocycles. The van der Waals surface area contributed by atoms with Crippen LogP contribution in [0.5, 0.6) is 11.5 Å². The van der Waals surface area contributed by atoms with Gasteiger partial charge in [0.1, 0.15) is 0 Å². The van der Waals surface area contributed by atoms with Crippen molar-refractivity contribution >= 4 is 46.6 Å². The van der Waals surface area contributed by atoms with Crippen molar-refractivity contribution in [2.24, 2.45) is 17.8 Å². The van der Waals surface area contributed by atoms with E-state index in [4.69, 9.17) is 9.47 Å². The number of benzene rings is 1. The molecule has 3 aliphatic rings. The number of ether oxygens (including phenoxy) is 3. The maximum Gasteiger partial charge on any atom is 0.423 e. The molecule has 1 N–H and O–H groups in total. The molecule has 36 heavy (non-hydrogen) atoms. The minimum absolute atomic E-state index is 0.124. The number of phenolic OH excluding ortho intramolecular Hbond substituents is 1. The molecule has 1 aromatic rings. The molecule has 194 valence electrons. The lowest BCUT2D eigenvalue weighted by Crippen LogP contribution is -2.37. The molecule has 0 radical (unpaired) electrons. The fourth-order valence-electron chi connectivity index (χ4n) is 5.88. The summed E-state index contributed by atoms with van der Waals surface area (Å²) in [7, 11) is 2.71. The summed E-state index contributed by atoms with van der Waals surface area (Å²) in [6.45, 7) is 4.51. The molecule has 4 rings (SSSR count). The summed E-state index contributed by atoms with van der Waals surface area (Å²) in [4.78, 5) is 38.6. The summed E-state index contributed by atoms with van der Waals surface area (Å²) in [5.74, 6) is -1.65. The molecule has 0 bridgehead atoms. The van der Waals surface area contributed by atoms with E-state index >= 15 is 0 Å². The zero-order chi connectivity index (χ0) is 26.1. The van der Waals surface area contributed by atoms with Gasteiger partial charge in [0.15, 0.2) is 11.5 Å². The van der Waals surface area contributed by atoms with Crippen LogP contribution in [0.2, 0.25) is 0 Å². The Balaban J connectivity index is 1.53. The summed E-state index contributed by atoms with van der Waals surface area (Å²) in [5, 5.41) is 10.2. The third kappa shape index (κ3) is 4.79.